The maximum absolute atomic E-state index is 5.66. The van der Waals surface area contributed by atoms with Gasteiger partial charge in [-0.3, -0.25) is 5.10 Å². The number of aryl methyl sites for hydroxylation is 1. The summed E-state index contributed by atoms with van der Waals surface area (Å²) < 4.78 is 0. The molecule has 6 heteroatoms. The Kier molecular flexibility index (Phi) is 10.7. The predicted octanol–water partition coefficient (Wildman–Crippen LogP) is 0.862. The van der Waals surface area contributed by atoms with Gasteiger partial charge in [0.25, 0.3) is 0 Å². The summed E-state index contributed by atoms with van der Waals surface area (Å²) in [6.07, 6.45) is 4.82. The van der Waals surface area contributed by atoms with Crippen molar-refractivity contribution >= 4 is 24.8 Å². The van der Waals surface area contributed by atoms with Crippen molar-refractivity contribution in [2.45, 2.75) is 25.3 Å². The van der Waals surface area contributed by atoms with Gasteiger partial charge in [-0.05, 0) is 25.3 Å². The lowest BCUT2D eigenvalue weighted by molar-refractivity contribution is 0.587. The van der Waals surface area contributed by atoms with E-state index in [-0.39, 0.29) is 30.9 Å². The van der Waals surface area contributed by atoms with Crippen molar-refractivity contribution in [3.05, 3.63) is 18.0 Å². The van der Waals surface area contributed by atoms with Gasteiger partial charge in [0.2, 0.25) is 0 Å². The Bertz CT molecular complexity index is 203. The SMILES string of the molecule is Cl.Cl.NCC(N)CCCc1ccn[nH]1. The van der Waals surface area contributed by atoms with Crippen LogP contribution < -0.4 is 11.5 Å². The molecule has 1 aromatic heterocycles. The number of nitrogens with zero attached hydrogens (tertiary/aromatic N) is 1. The van der Waals surface area contributed by atoms with Crippen LogP contribution in [-0.2, 0) is 6.42 Å². The van der Waals surface area contributed by atoms with Gasteiger partial charge < -0.3 is 11.5 Å². The Hall–Kier alpha value is -0.290. The molecule has 1 heterocycles. The molecule has 0 saturated heterocycles. The minimum absolute atomic E-state index is 0. The van der Waals surface area contributed by atoms with E-state index in [2.05, 4.69) is 10.2 Å². The summed E-state index contributed by atoms with van der Waals surface area (Å²) >= 11 is 0. The molecule has 0 aliphatic carbocycles. The van der Waals surface area contributed by atoms with Crippen LogP contribution in [0.15, 0.2) is 12.3 Å². The average molecular weight is 241 g/mol. The third kappa shape index (κ3) is 6.21. The molecule has 0 bridgehead atoms. The topological polar surface area (TPSA) is 80.7 Å². The second-order valence-corrected chi connectivity index (χ2v) is 2.97. The molecule has 14 heavy (non-hydrogen) atoms. The van der Waals surface area contributed by atoms with Crippen LogP contribution in [0.5, 0.6) is 0 Å². The van der Waals surface area contributed by atoms with E-state index in [1.165, 1.54) is 5.69 Å². The molecule has 1 atom stereocenters. The van der Waals surface area contributed by atoms with E-state index >= 15 is 0 Å². The highest BCUT2D eigenvalue weighted by Crippen LogP contribution is 2.01. The zero-order chi connectivity index (χ0) is 8.81. The van der Waals surface area contributed by atoms with Crippen LogP contribution in [0.2, 0.25) is 0 Å². The summed E-state index contributed by atoms with van der Waals surface area (Å²) in [4.78, 5) is 0. The van der Waals surface area contributed by atoms with Crippen molar-refractivity contribution in [1.29, 1.82) is 0 Å². The molecule has 0 amide bonds. The number of rotatable bonds is 5. The number of nitrogens with one attached hydrogen (secondary N) is 1. The van der Waals surface area contributed by atoms with E-state index in [4.69, 9.17) is 11.5 Å². The van der Waals surface area contributed by atoms with Gasteiger partial charge in [-0.2, -0.15) is 5.10 Å². The molecular weight excluding hydrogens is 223 g/mol. The van der Waals surface area contributed by atoms with E-state index < -0.39 is 0 Å². The Morgan fingerprint density at radius 3 is 2.64 bits per heavy atom. The standard InChI is InChI=1S/C8H16N4.2ClH/c9-6-7(10)2-1-3-8-4-5-11-12-8;;/h4-5,7H,1-3,6,9-10H2,(H,11,12);2*1H. The molecule has 1 rings (SSSR count). The maximum atomic E-state index is 5.66. The Balaban J connectivity index is 0. The van der Waals surface area contributed by atoms with Gasteiger partial charge in [0.1, 0.15) is 0 Å². The number of aromatic nitrogens is 2. The van der Waals surface area contributed by atoms with Crippen molar-refractivity contribution in [3.63, 3.8) is 0 Å². The summed E-state index contributed by atoms with van der Waals surface area (Å²) in [5.74, 6) is 0. The molecule has 1 unspecified atom stereocenters. The molecule has 0 aliphatic heterocycles. The van der Waals surface area contributed by atoms with Crippen molar-refractivity contribution in [3.8, 4) is 0 Å². The first-order valence-corrected chi connectivity index (χ1v) is 4.27. The number of nitrogens with two attached hydrogens (primary N) is 2. The molecule has 0 aromatic carbocycles. The fraction of sp³-hybridized carbons (Fsp3) is 0.625. The van der Waals surface area contributed by atoms with Crippen molar-refractivity contribution in [2.75, 3.05) is 6.54 Å². The van der Waals surface area contributed by atoms with Gasteiger partial charge in [-0.15, -0.1) is 24.8 Å². The molecule has 0 fully saturated rings. The monoisotopic (exact) mass is 240 g/mol. The second-order valence-electron chi connectivity index (χ2n) is 2.97. The van der Waals surface area contributed by atoms with Crippen LogP contribution in [-0.4, -0.2) is 22.8 Å². The van der Waals surface area contributed by atoms with Gasteiger partial charge in [0.05, 0.1) is 0 Å². The smallest absolute Gasteiger partial charge is 0.0490 e. The lowest BCUT2D eigenvalue weighted by Crippen LogP contribution is -2.29. The third-order valence-corrected chi connectivity index (χ3v) is 1.88. The van der Waals surface area contributed by atoms with Crippen LogP contribution in [0.1, 0.15) is 18.5 Å². The van der Waals surface area contributed by atoms with E-state index in [9.17, 15) is 0 Å². The molecule has 0 aliphatic rings. The van der Waals surface area contributed by atoms with Gasteiger partial charge in [-0.25, -0.2) is 0 Å². The Morgan fingerprint density at radius 2 is 2.14 bits per heavy atom. The summed E-state index contributed by atoms with van der Waals surface area (Å²) in [7, 11) is 0. The number of H-pyrrole nitrogens is 1. The second kappa shape index (κ2) is 9.27. The number of halogens is 2. The van der Waals surface area contributed by atoms with E-state index in [1.807, 2.05) is 6.07 Å². The van der Waals surface area contributed by atoms with Crippen LogP contribution in [0.25, 0.3) is 0 Å². The van der Waals surface area contributed by atoms with Crippen LogP contribution in [0.3, 0.4) is 0 Å². The van der Waals surface area contributed by atoms with Crippen molar-refractivity contribution < 1.29 is 0 Å². The summed E-state index contributed by atoms with van der Waals surface area (Å²) in [5, 5.41) is 6.77. The minimum Gasteiger partial charge on any atom is -0.329 e. The number of hydrogen-bond acceptors (Lipinski definition) is 3. The fourth-order valence-corrected chi connectivity index (χ4v) is 1.10. The van der Waals surface area contributed by atoms with E-state index in [1.54, 1.807) is 6.20 Å². The van der Waals surface area contributed by atoms with Crippen molar-refractivity contribution in [2.24, 2.45) is 11.5 Å². The predicted molar refractivity (Wildman–Crippen MR) is 63.1 cm³/mol. The highest BCUT2D eigenvalue weighted by atomic mass is 35.5. The highest BCUT2D eigenvalue weighted by Gasteiger charge is 1.99. The van der Waals surface area contributed by atoms with E-state index in [0.717, 1.165) is 19.3 Å². The highest BCUT2D eigenvalue weighted by molar-refractivity contribution is 5.85. The summed E-state index contributed by atoms with van der Waals surface area (Å²) in [6.45, 7) is 0.572. The lowest BCUT2D eigenvalue weighted by atomic mass is 10.1. The molecular formula is C8H18Cl2N4. The Morgan fingerprint density at radius 1 is 1.43 bits per heavy atom. The normalized spacial score (nSPS) is 11.3. The maximum Gasteiger partial charge on any atom is 0.0490 e. The molecule has 4 nitrogen and oxygen atoms in total. The molecule has 5 N–H and O–H groups in total. The van der Waals surface area contributed by atoms with Gasteiger partial charge >= 0.3 is 0 Å². The number of aromatic amines is 1. The molecule has 0 spiro atoms. The minimum atomic E-state index is 0. The molecule has 1 aromatic rings. The van der Waals surface area contributed by atoms with Crippen LogP contribution >= 0.6 is 24.8 Å². The van der Waals surface area contributed by atoms with Crippen LogP contribution in [0, 0.1) is 0 Å². The lowest BCUT2D eigenvalue weighted by Gasteiger charge is -2.06. The average Bonchev–Trinajstić information content (AvgIpc) is 2.57. The molecule has 0 saturated carbocycles. The third-order valence-electron chi connectivity index (χ3n) is 1.88. The van der Waals surface area contributed by atoms with Crippen molar-refractivity contribution in [1.82, 2.24) is 10.2 Å². The first-order valence-electron chi connectivity index (χ1n) is 4.27. The van der Waals surface area contributed by atoms with Gasteiger partial charge in [0, 0.05) is 24.5 Å². The zero-order valence-electron chi connectivity index (χ0n) is 7.98. The quantitative estimate of drug-likeness (QED) is 0.715. The molecule has 84 valence electrons. The first kappa shape index (κ1) is 16.2. The van der Waals surface area contributed by atoms with Crippen LogP contribution in [0.4, 0.5) is 0 Å². The fourth-order valence-electron chi connectivity index (χ4n) is 1.10. The largest absolute Gasteiger partial charge is 0.329 e. The Labute approximate surface area is 96.6 Å². The first-order chi connectivity index (χ1) is 5.83. The molecule has 0 radical (unpaired) electrons. The van der Waals surface area contributed by atoms with Gasteiger partial charge in [0.15, 0.2) is 0 Å². The van der Waals surface area contributed by atoms with E-state index in [0.29, 0.717) is 6.54 Å². The number of hydrogen-bond donors (Lipinski definition) is 3. The summed E-state index contributed by atoms with van der Waals surface area (Å²) in [6, 6.07) is 2.13. The van der Waals surface area contributed by atoms with Gasteiger partial charge in [-0.1, -0.05) is 0 Å². The summed E-state index contributed by atoms with van der Waals surface area (Å²) in [5.41, 5.74) is 12.2. The zero-order valence-corrected chi connectivity index (χ0v) is 9.61.